The SMILES string of the molecule is CC(=O)NNC(=O)c1cc(Br)ccc1N. The highest BCUT2D eigenvalue weighted by Gasteiger charge is 2.09. The number of nitrogen functional groups attached to an aromatic ring is 1. The van der Waals surface area contributed by atoms with E-state index < -0.39 is 5.91 Å². The lowest BCUT2D eigenvalue weighted by Gasteiger charge is -2.07. The molecule has 0 unspecified atom stereocenters. The number of carbonyl (C=O) groups is 2. The largest absolute Gasteiger partial charge is 0.398 e. The Bertz CT molecular complexity index is 406. The third-order valence-corrected chi connectivity index (χ3v) is 2.11. The first-order chi connectivity index (χ1) is 7.00. The van der Waals surface area contributed by atoms with Crippen LogP contribution in [0.25, 0.3) is 0 Å². The molecule has 0 atom stereocenters. The zero-order valence-electron chi connectivity index (χ0n) is 8.00. The van der Waals surface area contributed by atoms with E-state index in [0.29, 0.717) is 11.3 Å². The van der Waals surface area contributed by atoms with Gasteiger partial charge in [-0.3, -0.25) is 20.4 Å². The van der Waals surface area contributed by atoms with Crippen LogP contribution in [-0.2, 0) is 4.79 Å². The number of carbonyl (C=O) groups excluding carboxylic acids is 2. The molecule has 0 heterocycles. The van der Waals surface area contributed by atoms with Crippen molar-refractivity contribution in [2.45, 2.75) is 6.92 Å². The van der Waals surface area contributed by atoms with Crippen LogP contribution in [0.1, 0.15) is 17.3 Å². The number of hydrogen-bond donors (Lipinski definition) is 3. The van der Waals surface area contributed by atoms with Gasteiger partial charge < -0.3 is 5.73 Å². The van der Waals surface area contributed by atoms with Crippen LogP contribution in [0.5, 0.6) is 0 Å². The number of nitrogens with one attached hydrogen (secondary N) is 2. The van der Waals surface area contributed by atoms with Gasteiger partial charge in [0.05, 0.1) is 5.56 Å². The summed E-state index contributed by atoms with van der Waals surface area (Å²) in [7, 11) is 0. The Balaban J connectivity index is 2.81. The first kappa shape index (κ1) is 11.5. The van der Waals surface area contributed by atoms with Crippen LogP contribution in [0.2, 0.25) is 0 Å². The minimum Gasteiger partial charge on any atom is -0.398 e. The zero-order chi connectivity index (χ0) is 11.4. The van der Waals surface area contributed by atoms with Crippen LogP contribution in [0.4, 0.5) is 5.69 Å². The summed E-state index contributed by atoms with van der Waals surface area (Å²) in [6.07, 6.45) is 0. The second kappa shape index (κ2) is 4.79. The Labute approximate surface area is 95.1 Å². The molecular weight excluding hydrogens is 262 g/mol. The van der Waals surface area contributed by atoms with Gasteiger partial charge in [-0.1, -0.05) is 15.9 Å². The number of hydrogen-bond acceptors (Lipinski definition) is 3. The average molecular weight is 272 g/mol. The minimum atomic E-state index is -0.455. The average Bonchev–Trinajstić information content (AvgIpc) is 2.18. The Morgan fingerprint density at radius 2 is 2.00 bits per heavy atom. The molecule has 0 aliphatic rings. The molecule has 0 spiro atoms. The van der Waals surface area contributed by atoms with E-state index in [1.165, 1.54) is 6.92 Å². The quantitative estimate of drug-likeness (QED) is 0.522. The molecule has 5 nitrogen and oxygen atoms in total. The first-order valence-corrected chi connectivity index (χ1v) is 4.92. The van der Waals surface area contributed by atoms with Crippen molar-refractivity contribution >= 4 is 33.4 Å². The van der Waals surface area contributed by atoms with Crippen LogP contribution in [-0.4, -0.2) is 11.8 Å². The molecule has 15 heavy (non-hydrogen) atoms. The Hall–Kier alpha value is -1.56. The van der Waals surface area contributed by atoms with Crippen molar-refractivity contribution in [1.82, 2.24) is 10.9 Å². The van der Waals surface area contributed by atoms with Gasteiger partial charge in [0.1, 0.15) is 0 Å². The lowest BCUT2D eigenvalue weighted by Crippen LogP contribution is -2.40. The van der Waals surface area contributed by atoms with E-state index in [9.17, 15) is 9.59 Å². The maximum atomic E-state index is 11.5. The van der Waals surface area contributed by atoms with Gasteiger partial charge in [0.15, 0.2) is 0 Å². The molecule has 0 fully saturated rings. The molecule has 6 heteroatoms. The minimum absolute atomic E-state index is 0.304. The summed E-state index contributed by atoms with van der Waals surface area (Å²) in [5, 5.41) is 0. The van der Waals surface area contributed by atoms with E-state index in [4.69, 9.17) is 5.73 Å². The summed E-state index contributed by atoms with van der Waals surface area (Å²) >= 11 is 3.22. The summed E-state index contributed by atoms with van der Waals surface area (Å²) in [5.74, 6) is -0.805. The standard InChI is InChI=1S/C9H10BrN3O2/c1-5(14)12-13-9(15)7-4-6(10)2-3-8(7)11/h2-4H,11H2,1H3,(H,12,14)(H,13,15). The molecule has 0 aromatic heterocycles. The molecule has 0 aliphatic heterocycles. The number of hydrazine groups is 1. The molecule has 0 aliphatic carbocycles. The van der Waals surface area contributed by atoms with Gasteiger partial charge in [0.25, 0.3) is 5.91 Å². The monoisotopic (exact) mass is 271 g/mol. The predicted octanol–water partition coefficient (Wildman–Crippen LogP) is 0.812. The molecule has 2 amide bonds. The normalized spacial score (nSPS) is 9.47. The fraction of sp³-hybridized carbons (Fsp3) is 0.111. The van der Waals surface area contributed by atoms with Crippen LogP contribution in [0.3, 0.4) is 0 Å². The third-order valence-electron chi connectivity index (χ3n) is 1.61. The number of nitrogens with two attached hydrogens (primary N) is 1. The number of anilines is 1. The molecule has 1 rings (SSSR count). The maximum Gasteiger partial charge on any atom is 0.271 e. The number of benzene rings is 1. The fourth-order valence-electron chi connectivity index (χ4n) is 0.937. The summed E-state index contributed by atoms with van der Waals surface area (Å²) < 4.78 is 0.740. The van der Waals surface area contributed by atoms with Crippen LogP contribution >= 0.6 is 15.9 Å². The van der Waals surface area contributed by atoms with Gasteiger partial charge in [0, 0.05) is 17.1 Å². The van der Waals surface area contributed by atoms with Gasteiger partial charge in [-0.15, -0.1) is 0 Å². The van der Waals surface area contributed by atoms with Crippen molar-refractivity contribution < 1.29 is 9.59 Å². The predicted molar refractivity (Wildman–Crippen MR) is 59.8 cm³/mol. The topological polar surface area (TPSA) is 84.2 Å². The lowest BCUT2D eigenvalue weighted by atomic mass is 10.2. The highest BCUT2D eigenvalue weighted by Crippen LogP contribution is 2.17. The van der Waals surface area contributed by atoms with Gasteiger partial charge in [-0.05, 0) is 18.2 Å². The van der Waals surface area contributed by atoms with E-state index in [0.717, 1.165) is 4.47 Å². The molecule has 1 aromatic rings. The smallest absolute Gasteiger partial charge is 0.271 e. The molecule has 0 saturated heterocycles. The second-order valence-corrected chi connectivity index (χ2v) is 3.78. The van der Waals surface area contributed by atoms with Crippen LogP contribution < -0.4 is 16.6 Å². The van der Waals surface area contributed by atoms with Gasteiger partial charge in [0.2, 0.25) is 5.91 Å². The summed E-state index contributed by atoms with van der Waals surface area (Å²) in [6, 6.07) is 4.91. The van der Waals surface area contributed by atoms with Crippen molar-refractivity contribution in [3.05, 3.63) is 28.2 Å². The van der Waals surface area contributed by atoms with Crippen LogP contribution in [0, 0.1) is 0 Å². The van der Waals surface area contributed by atoms with Gasteiger partial charge in [-0.2, -0.15) is 0 Å². The van der Waals surface area contributed by atoms with E-state index >= 15 is 0 Å². The Morgan fingerprint density at radius 3 is 2.60 bits per heavy atom. The van der Waals surface area contributed by atoms with Gasteiger partial charge >= 0.3 is 0 Å². The van der Waals surface area contributed by atoms with Crippen molar-refractivity contribution in [2.75, 3.05) is 5.73 Å². The lowest BCUT2D eigenvalue weighted by molar-refractivity contribution is -0.119. The van der Waals surface area contributed by atoms with E-state index in [-0.39, 0.29) is 5.91 Å². The molecular formula is C9H10BrN3O2. The fourth-order valence-corrected chi connectivity index (χ4v) is 1.30. The Morgan fingerprint density at radius 1 is 1.33 bits per heavy atom. The van der Waals surface area contributed by atoms with E-state index in [1.54, 1.807) is 18.2 Å². The van der Waals surface area contributed by atoms with Gasteiger partial charge in [-0.25, -0.2) is 0 Å². The van der Waals surface area contributed by atoms with Crippen molar-refractivity contribution in [1.29, 1.82) is 0 Å². The number of halogens is 1. The summed E-state index contributed by atoms with van der Waals surface area (Å²) in [6.45, 7) is 1.30. The van der Waals surface area contributed by atoms with E-state index in [1.807, 2.05) is 0 Å². The zero-order valence-corrected chi connectivity index (χ0v) is 9.59. The highest BCUT2D eigenvalue weighted by molar-refractivity contribution is 9.10. The van der Waals surface area contributed by atoms with Crippen molar-refractivity contribution in [3.63, 3.8) is 0 Å². The molecule has 0 radical (unpaired) electrons. The summed E-state index contributed by atoms with van der Waals surface area (Å²) in [5.41, 5.74) is 10.7. The second-order valence-electron chi connectivity index (χ2n) is 2.87. The first-order valence-electron chi connectivity index (χ1n) is 4.12. The van der Waals surface area contributed by atoms with Crippen LogP contribution in [0.15, 0.2) is 22.7 Å². The van der Waals surface area contributed by atoms with Crippen molar-refractivity contribution in [3.8, 4) is 0 Å². The number of amides is 2. The molecule has 4 N–H and O–H groups in total. The molecule has 0 saturated carbocycles. The van der Waals surface area contributed by atoms with E-state index in [2.05, 4.69) is 26.8 Å². The molecule has 1 aromatic carbocycles. The number of rotatable bonds is 1. The Kier molecular flexibility index (Phi) is 3.68. The molecule has 0 bridgehead atoms. The van der Waals surface area contributed by atoms with Crippen molar-refractivity contribution in [2.24, 2.45) is 0 Å². The maximum absolute atomic E-state index is 11.5. The highest BCUT2D eigenvalue weighted by atomic mass is 79.9. The molecule has 80 valence electrons. The third kappa shape index (κ3) is 3.25. The summed E-state index contributed by atoms with van der Waals surface area (Å²) in [4.78, 5) is 22.1.